The van der Waals surface area contributed by atoms with Gasteiger partial charge in [0.2, 0.25) is 5.91 Å². The average molecular weight is 348 g/mol. The van der Waals surface area contributed by atoms with Gasteiger partial charge in [0.15, 0.2) is 18.1 Å². The van der Waals surface area contributed by atoms with Crippen molar-refractivity contribution >= 4 is 17.9 Å². The van der Waals surface area contributed by atoms with Crippen LogP contribution in [0, 0.1) is 0 Å². The van der Waals surface area contributed by atoms with Gasteiger partial charge in [-0.3, -0.25) is 9.59 Å². The van der Waals surface area contributed by atoms with Gasteiger partial charge in [-0.2, -0.15) is 0 Å². The van der Waals surface area contributed by atoms with Crippen molar-refractivity contribution in [2.24, 2.45) is 0 Å². The largest absolute Gasteiger partial charge is 0.493 e. The number of methoxy groups -OCH3 is 1. The van der Waals surface area contributed by atoms with E-state index in [1.54, 1.807) is 13.2 Å². The van der Waals surface area contributed by atoms with E-state index in [1.165, 1.54) is 4.90 Å². The van der Waals surface area contributed by atoms with Crippen molar-refractivity contribution in [3.63, 3.8) is 0 Å². The van der Waals surface area contributed by atoms with Crippen LogP contribution in [0.3, 0.4) is 0 Å². The minimum absolute atomic E-state index is 0.0221. The van der Waals surface area contributed by atoms with Crippen molar-refractivity contribution in [2.75, 3.05) is 26.8 Å². The van der Waals surface area contributed by atoms with Crippen LogP contribution >= 0.6 is 0 Å². The van der Waals surface area contributed by atoms with Gasteiger partial charge in [0, 0.05) is 12.6 Å². The van der Waals surface area contributed by atoms with Crippen LogP contribution in [0.4, 0.5) is 0 Å². The number of benzene rings is 1. The Balaban J connectivity index is 2.69. The highest BCUT2D eigenvalue weighted by Gasteiger charge is 2.17. The summed E-state index contributed by atoms with van der Waals surface area (Å²) in [5.74, 6) is 0.621. The molecular weight excluding hydrogens is 320 g/mol. The van der Waals surface area contributed by atoms with Crippen molar-refractivity contribution in [2.45, 2.75) is 33.7 Å². The van der Waals surface area contributed by atoms with Gasteiger partial charge in [-0.15, -0.1) is 0 Å². The predicted molar refractivity (Wildman–Crippen MR) is 98.7 cm³/mol. The van der Waals surface area contributed by atoms with Crippen molar-refractivity contribution < 1.29 is 19.1 Å². The van der Waals surface area contributed by atoms with Crippen molar-refractivity contribution in [1.82, 2.24) is 10.2 Å². The molecular formula is C19H28N2O4. The Bertz CT molecular complexity index is 611. The lowest BCUT2D eigenvalue weighted by Crippen LogP contribution is -2.44. The molecule has 0 radical (unpaired) electrons. The van der Waals surface area contributed by atoms with Crippen LogP contribution in [0.25, 0.3) is 6.08 Å². The third kappa shape index (κ3) is 6.87. The summed E-state index contributed by atoms with van der Waals surface area (Å²) < 4.78 is 10.9. The second kappa shape index (κ2) is 10.4. The van der Waals surface area contributed by atoms with E-state index in [0.717, 1.165) is 5.56 Å². The number of rotatable bonds is 9. The Morgan fingerprint density at radius 3 is 2.56 bits per heavy atom. The second-order valence-electron chi connectivity index (χ2n) is 5.83. The molecule has 1 rings (SSSR count). The van der Waals surface area contributed by atoms with E-state index < -0.39 is 0 Å². The molecule has 25 heavy (non-hydrogen) atoms. The molecule has 0 aliphatic heterocycles. The number of hydrogen-bond acceptors (Lipinski definition) is 4. The van der Waals surface area contributed by atoms with Crippen LogP contribution in [-0.2, 0) is 9.59 Å². The first-order chi connectivity index (χ1) is 11.9. The van der Waals surface area contributed by atoms with E-state index in [9.17, 15) is 9.59 Å². The molecule has 0 fully saturated rings. The number of allylic oxidation sites excluding steroid dienone is 1. The molecule has 0 unspecified atom stereocenters. The molecule has 0 aromatic heterocycles. The molecule has 6 nitrogen and oxygen atoms in total. The molecule has 0 aliphatic rings. The van der Waals surface area contributed by atoms with E-state index in [1.807, 2.05) is 52.0 Å². The standard InChI is InChI=1S/C19H28N2O4/c1-6-8-15-9-10-16(17(11-15)24-5)25-13-19(23)21(7-2)12-18(22)20-14(3)4/h6,8-11,14H,7,12-13H2,1-5H3,(H,20,22)/b8-6+. The highest BCUT2D eigenvalue weighted by molar-refractivity contribution is 5.85. The number of carbonyl (C=O) groups is 2. The number of ether oxygens (including phenoxy) is 2. The highest BCUT2D eigenvalue weighted by Crippen LogP contribution is 2.28. The van der Waals surface area contributed by atoms with Gasteiger partial charge < -0.3 is 19.7 Å². The normalized spacial score (nSPS) is 10.8. The molecule has 0 spiro atoms. The van der Waals surface area contributed by atoms with Crippen LogP contribution in [0.15, 0.2) is 24.3 Å². The van der Waals surface area contributed by atoms with Gasteiger partial charge in [0.1, 0.15) is 0 Å². The zero-order chi connectivity index (χ0) is 18.8. The summed E-state index contributed by atoms with van der Waals surface area (Å²) in [4.78, 5) is 25.6. The molecule has 1 aromatic rings. The van der Waals surface area contributed by atoms with Crippen molar-refractivity contribution in [1.29, 1.82) is 0 Å². The first-order valence-corrected chi connectivity index (χ1v) is 8.41. The molecule has 2 amide bonds. The lowest BCUT2D eigenvalue weighted by atomic mass is 10.2. The molecule has 6 heteroatoms. The lowest BCUT2D eigenvalue weighted by Gasteiger charge is -2.21. The fourth-order valence-corrected chi connectivity index (χ4v) is 2.25. The van der Waals surface area contributed by atoms with Crippen LogP contribution in [0.2, 0.25) is 0 Å². The Morgan fingerprint density at radius 1 is 1.28 bits per heavy atom. The van der Waals surface area contributed by atoms with E-state index in [-0.39, 0.29) is 31.0 Å². The maximum Gasteiger partial charge on any atom is 0.260 e. The van der Waals surface area contributed by atoms with Crippen molar-refractivity contribution in [3.8, 4) is 11.5 Å². The fourth-order valence-electron chi connectivity index (χ4n) is 2.25. The van der Waals surface area contributed by atoms with Gasteiger partial charge in [0.25, 0.3) is 5.91 Å². The van der Waals surface area contributed by atoms with Crippen LogP contribution in [0.1, 0.15) is 33.3 Å². The van der Waals surface area contributed by atoms with E-state index in [2.05, 4.69) is 5.32 Å². The van der Waals surface area contributed by atoms with Gasteiger partial charge in [-0.1, -0.05) is 18.2 Å². The van der Waals surface area contributed by atoms with Gasteiger partial charge in [0.05, 0.1) is 13.7 Å². The minimum Gasteiger partial charge on any atom is -0.493 e. The number of nitrogens with zero attached hydrogens (tertiary/aromatic N) is 1. The molecule has 0 aliphatic carbocycles. The first-order valence-electron chi connectivity index (χ1n) is 8.41. The molecule has 0 atom stereocenters. The Labute approximate surface area is 149 Å². The van der Waals surface area contributed by atoms with Gasteiger partial charge in [-0.25, -0.2) is 0 Å². The van der Waals surface area contributed by atoms with Crippen LogP contribution in [-0.4, -0.2) is 49.6 Å². The number of likely N-dealkylation sites (N-methyl/N-ethyl adjacent to an activating group) is 1. The quantitative estimate of drug-likeness (QED) is 0.744. The molecule has 0 bridgehead atoms. The predicted octanol–water partition coefficient (Wildman–Crippen LogP) is 2.48. The summed E-state index contributed by atoms with van der Waals surface area (Å²) in [5, 5.41) is 2.77. The first kappa shape index (κ1) is 20.5. The molecule has 0 saturated heterocycles. The monoisotopic (exact) mass is 348 g/mol. The van der Waals surface area contributed by atoms with Gasteiger partial charge >= 0.3 is 0 Å². The Morgan fingerprint density at radius 2 is 2.00 bits per heavy atom. The molecule has 0 saturated carbocycles. The van der Waals surface area contributed by atoms with Crippen LogP contribution in [0.5, 0.6) is 11.5 Å². The molecule has 1 aromatic carbocycles. The van der Waals surface area contributed by atoms with Crippen LogP contribution < -0.4 is 14.8 Å². The topological polar surface area (TPSA) is 67.9 Å². The summed E-state index contributed by atoms with van der Waals surface area (Å²) in [6, 6.07) is 5.53. The third-order valence-electron chi connectivity index (χ3n) is 3.42. The van der Waals surface area contributed by atoms with Crippen molar-refractivity contribution in [3.05, 3.63) is 29.8 Å². The smallest absolute Gasteiger partial charge is 0.260 e. The molecule has 138 valence electrons. The lowest BCUT2D eigenvalue weighted by molar-refractivity contribution is -0.137. The zero-order valence-electron chi connectivity index (χ0n) is 15.7. The number of amides is 2. The third-order valence-corrected chi connectivity index (χ3v) is 3.42. The minimum atomic E-state index is -0.249. The summed E-state index contributed by atoms with van der Waals surface area (Å²) in [7, 11) is 1.55. The SMILES string of the molecule is C/C=C/c1ccc(OCC(=O)N(CC)CC(=O)NC(C)C)c(OC)c1. The highest BCUT2D eigenvalue weighted by atomic mass is 16.5. The fraction of sp³-hybridized carbons (Fsp3) is 0.474. The van der Waals surface area contributed by atoms with Gasteiger partial charge in [-0.05, 0) is 45.4 Å². The molecule has 0 heterocycles. The summed E-state index contributed by atoms with van der Waals surface area (Å²) in [6.07, 6.45) is 3.88. The van der Waals surface area contributed by atoms with E-state index >= 15 is 0 Å². The molecule has 1 N–H and O–H groups in total. The number of hydrogen-bond donors (Lipinski definition) is 1. The maximum atomic E-state index is 12.3. The summed E-state index contributed by atoms with van der Waals surface area (Å²) in [6.45, 7) is 7.82. The Kier molecular flexibility index (Phi) is 8.53. The van der Waals surface area contributed by atoms with E-state index in [0.29, 0.717) is 18.0 Å². The maximum absolute atomic E-state index is 12.3. The number of carbonyl (C=O) groups excluding carboxylic acids is 2. The van der Waals surface area contributed by atoms with E-state index in [4.69, 9.17) is 9.47 Å². The zero-order valence-corrected chi connectivity index (χ0v) is 15.7. The summed E-state index contributed by atoms with van der Waals surface area (Å²) in [5.41, 5.74) is 0.985. The average Bonchev–Trinajstić information content (AvgIpc) is 2.57. The number of nitrogens with one attached hydrogen (secondary N) is 1. The summed E-state index contributed by atoms with van der Waals surface area (Å²) >= 11 is 0. The Hall–Kier alpha value is -2.50. The second-order valence-corrected chi connectivity index (χ2v) is 5.83.